The van der Waals surface area contributed by atoms with Gasteiger partial charge in [-0.15, -0.1) is 11.6 Å². The number of H-pyrrole nitrogens is 1. The van der Waals surface area contributed by atoms with E-state index in [1.807, 2.05) is 19.1 Å². The molecule has 2 rings (SSSR count). The number of rotatable bonds is 3. The SMILES string of the molecule is Cc1ccc2c(NC(=O)OCCCl)n[nH]c2n1. The molecule has 0 spiro atoms. The van der Waals surface area contributed by atoms with Crippen LogP contribution in [-0.4, -0.2) is 33.8 Å². The summed E-state index contributed by atoms with van der Waals surface area (Å²) in [6, 6.07) is 3.67. The Kier molecular flexibility index (Phi) is 3.43. The van der Waals surface area contributed by atoms with Crippen molar-refractivity contribution in [2.45, 2.75) is 6.92 Å². The van der Waals surface area contributed by atoms with Gasteiger partial charge >= 0.3 is 6.09 Å². The van der Waals surface area contributed by atoms with Gasteiger partial charge in [-0.3, -0.25) is 10.4 Å². The van der Waals surface area contributed by atoms with Crippen molar-refractivity contribution in [2.75, 3.05) is 17.8 Å². The van der Waals surface area contributed by atoms with E-state index in [1.54, 1.807) is 0 Å². The summed E-state index contributed by atoms with van der Waals surface area (Å²) in [5.41, 5.74) is 1.50. The van der Waals surface area contributed by atoms with Crippen molar-refractivity contribution in [3.63, 3.8) is 0 Å². The summed E-state index contributed by atoms with van der Waals surface area (Å²) >= 11 is 5.40. The largest absolute Gasteiger partial charge is 0.448 e. The third-order valence-electron chi connectivity index (χ3n) is 2.09. The maximum absolute atomic E-state index is 11.3. The predicted octanol–water partition coefficient (Wildman–Crippen LogP) is 2.05. The number of pyridine rings is 1. The van der Waals surface area contributed by atoms with Crippen LogP contribution >= 0.6 is 11.6 Å². The number of aryl methyl sites for hydroxylation is 1. The van der Waals surface area contributed by atoms with Crippen molar-refractivity contribution in [2.24, 2.45) is 0 Å². The van der Waals surface area contributed by atoms with Gasteiger partial charge in [0.05, 0.1) is 11.3 Å². The van der Waals surface area contributed by atoms with Gasteiger partial charge in [-0.1, -0.05) is 0 Å². The Labute approximate surface area is 102 Å². The van der Waals surface area contributed by atoms with Crippen molar-refractivity contribution in [1.82, 2.24) is 15.2 Å². The predicted molar refractivity (Wildman–Crippen MR) is 64.3 cm³/mol. The van der Waals surface area contributed by atoms with Crippen molar-refractivity contribution < 1.29 is 9.53 Å². The van der Waals surface area contributed by atoms with Crippen molar-refractivity contribution in [3.05, 3.63) is 17.8 Å². The second kappa shape index (κ2) is 5.01. The standard InChI is InChI=1S/C10H11ClN4O2/c1-6-2-3-7-8(12-6)14-15-9(7)13-10(16)17-5-4-11/h2-3H,4-5H2,1H3,(H2,12,13,14,15,16). The molecule has 2 aromatic rings. The van der Waals surface area contributed by atoms with Gasteiger partial charge in [0.2, 0.25) is 0 Å². The number of aromatic amines is 1. The number of nitrogens with zero attached hydrogens (tertiary/aromatic N) is 2. The number of anilines is 1. The van der Waals surface area contributed by atoms with Gasteiger partial charge < -0.3 is 4.74 Å². The van der Waals surface area contributed by atoms with Crippen LogP contribution in [0.15, 0.2) is 12.1 Å². The molecule has 0 aromatic carbocycles. The van der Waals surface area contributed by atoms with Gasteiger partial charge in [-0.2, -0.15) is 5.10 Å². The third kappa shape index (κ3) is 2.65. The van der Waals surface area contributed by atoms with E-state index in [0.29, 0.717) is 11.5 Å². The second-order valence-electron chi connectivity index (χ2n) is 3.37. The van der Waals surface area contributed by atoms with E-state index in [2.05, 4.69) is 20.5 Å². The number of fused-ring (bicyclic) bond motifs is 1. The first-order valence-corrected chi connectivity index (χ1v) is 5.55. The molecule has 2 heterocycles. The number of hydrogen-bond donors (Lipinski definition) is 2. The molecule has 0 aliphatic heterocycles. The molecule has 0 unspecified atom stereocenters. The fourth-order valence-electron chi connectivity index (χ4n) is 1.36. The number of carbonyl (C=O) groups is 1. The third-order valence-corrected chi connectivity index (χ3v) is 2.25. The van der Waals surface area contributed by atoms with Gasteiger partial charge in [-0.05, 0) is 19.1 Å². The number of hydrogen-bond acceptors (Lipinski definition) is 4. The van der Waals surface area contributed by atoms with Crippen molar-refractivity contribution >= 4 is 34.5 Å². The zero-order valence-electron chi connectivity index (χ0n) is 9.16. The first-order valence-electron chi connectivity index (χ1n) is 5.02. The Hall–Kier alpha value is -1.82. The molecule has 0 saturated carbocycles. The molecule has 1 amide bonds. The number of alkyl halides is 1. The smallest absolute Gasteiger partial charge is 0.412 e. The quantitative estimate of drug-likeness (QED) is 0.822. The molecule has 0 aliphatic rings. The topological polar surface area (TPSA) is 79.9 Å². The van der Waals surface area contributed by atoms with Crippen LogP contribution in [0.4, 0.5) is 10.6 Å². The normalized spacial score (nSPS) is 10.5. The highest BCUT2D eigenvalue weighted by Gasteiger charge is 2.10. The molecule has 0 bridgehead atoms. The summed E-state index contributed by atoms with van der Waals surface area (Å²) in [5, 5.41) is 9.94. The average molecular weight is 255 g/mol. The number of carbonyl (C=O) groups excluding carboxylic acids is 1. The highest BCUT2D eigenvalue weighted by atomic mass is 35.5. The molecular formula is C10H11ClN4O2. The molecule has 6 nitrogen and oxygen atoms in total. The van der Waals surface area contributed by atoms with Gasteiger partial charge in [0.15, 0.2) is 11.5 Å². The molecule has 17 heavy (non-hydrogen) atoms. The lowest BCUT2D eigenvalue weighted by Gasteiger charge is -2.02. The molecule has 7 heteroatoms. The minimum absolute atomic E-state index is 0.160. The summed E-state index contributed by atoms with van der Waals surface area (Å²) in [6.07, 6.45) is -0.584. The Bertz CT molecular complexity index is 540. The van der Waals surface area contributed by atoms with Crippen LogP contribution in [0.2, 0.25) is 0 Å². The fraction of sp³-hybridized carbons (Fsp3) is 0.300. The fourth-order valence-corrected chi connectivity index (χ4v) is 1.44. The Morgan fingerprint density at radius 2 is 2.41 bits per heavy atom. The summed E-state index contributed by atoms with van der Waals surface area (Å²) in [5.74, 6) is 0.655. The minimum Gasteiger partial charge on any atom is -0.448 e. The summed E-state index contributed by atoms with van der Waals surface area (Å²) in [7, 11) is 0. The van der Waals surface area contributed by atoms with E-state index in [1.165, 1.54) is 0 Å². The lowest BCUT2D eigenvalue weighted by atomic mass is 10.3. The maximum atomic E-state index is 11.3. The number of halogens is 1. The van der Waals surface area contributed by atoms with Crippen LogP contribution in [0, 0.1) is 6.92 Å². The Morgan fingerprint density at radius 1 is 1.59 bits per heavy atom. The van der Waals surface area contributed by atoms with Gasteiger partial charge in [-0.25, -0.2) is 9.78 Å². The number of aromatic nitrogens is 3. The monoisotopic (exact) mass is 254 g/mol. The van der Waals surface area contributed by atoms with Crippen LogP contribution in [-0.2, 0) is 4.74 Å². The lowest BCUT2D eigenvalue weighted by Crippen LogP contribution is -2.15. The van der Waals surface area contributed by atoms with Crippen LogP contribution in [0.5, 0.6) is 0 Å². The van der Waals surface area contributed by atoms with Gasteiger partial charge in [0, 0.05) is 5.69 Å². The second-order valence-corrected chi connectivity index (χ2v) is 3.75. The van der Waals surface area contributed by atoms with E-state index < -0.39 is 6.09 Å². The summed E-state index contributed by atoms with van der Waals surface area (Å²) < 4.78 is 4.78. The first kappa shape index (κ1) is 11.7. The van der Waals surface area contributed by atoms with Gasteiger partial charge in [0.1, 0.15) is 6.61 Å². The van der Waals surface area contributed by atoms with Crippen molar-refractivity contribution in [1.29, 1.82) is 0 Å². The zero-order chi connectivity index (χ0) is 12.3. The molecule has 0 aliphatic carbocycles. The molecule has 0 fully saturated rings. The first-order chi connectivity index (χ1) is 8.20. The van der Waals surface area contributed by atoms with Crippen LogP contribution in [0.25, 0.3) is 11.0 Å². The van der Waals surface area contributed by atoms with E-state index in [0.717, 1.165) is 11.1 Å². The number of ether oxygens (including phenoxy) is 1. The lowest BCUT2D eigenvalue weighted by molar-refractivity contribution is 0.168. The van der Waals surface area contributed by atoms with Crippen LogP contribution in [0.3, 0.4) is 0 Å². The maximum Gasteiger partial charge on any atom is 0.412 e. The molecule has 0 atom stereocenters. The zero-order valence-corrected chi connectivity index (χ0v) is 9.91. The molecule has 0 radical (unpaired) electrons. The van der Waals surface area contributed by atoms with E-state index in [4.69, 9.17) is 16.3 Å². The van der Waals surface area contributed by atoms with Crippen molar-refractivity contribution in [3.8, 4) is 0 Å². The molecule has 2 N–H and O–H groups in total. The number of amides is 1. The van der Waals surface area contributed by atoms with E-state index in [9.17, 15) is 4.79 Å². The van der Waals surface area contributed by atoms with Crippen LogP contribution in [0.1, 0.15) is 5.69 Å². The highest BCUT2D eigenvalue weighted by molar-refractivity contribution is 6.18. The Morgan fingerprint density at radius 3 is 3.18 bits per heavy atom. The Balaban J connectivity index is 2.16. The van der Waals surface area contributed by atoms with E-state index >= 15 is 0 Å². The molecule has 0 saturated heterocycles. The van der Waals surface area contributed by atoms with E-state index in [-0.39, 0.29) is 12.5 Å². The molecular weight excluding hydrogens is 244 g/mol. The average Bonchev–Trinajstić information content (AvgIpc) is 2.69. The minimum atomic E-state index is -0.584. The van der Waals surface area contributed by atoms with Gasteiger partial charge in [0.25, 0.3) is 0 Å². The molecule has 90 valence electrons. The van der Waals surface area contributed by atoms with Crippen LogP contribution < -0.4 is 5.32 Å². The summed E-state index contributed by atoms with van der Waals surface area (Å²) in [4.78, 5) is 15.5. The number of nitrogens with one attached hydrogen (secondary N) is 2. The summed E-state index contributed by atoms with van der Waals surface area (Å²) in [6.45, 7) is 2.04. The molecule has 2 aromatic heterocycles. The highest BCUT2D eigenvalue weighted by Crippen LogP contribution is 2.18.